The number of methoxy groups -OCH3 is 1. The molecule has 4 aromatic rings. The van der Waals surface area contributed by atoms with Gasteiger partial charge in [0, 0.05) is 54.6 Å². The Morgan fingerprint density at radius 1 is 0.941 bits per heavy atom. The lowest BCUT2D eigenvalue weighted by Gasteiger charge is -2.36. The fraction of sp³-hybridized carbons (Fsp3) is 0.192. The molecule has 0 radical (unpaired) electrons. The first kappa shape index (κ1) is 21.6. The van der Waals surface area contributed by atoms with Crippen molar-refractivity contribution in [2.45, 2.75) is 0 Å². The van der Waals surface area contributed by atoms with E-state index in [1.54, 1.807) is 43.5 Å². The molecule has 1 aliphatic rings. The molecule has 0 N–H and O–H groups in total. The van der Waals surface area contributed by atoms with Gasteiger partial charge in [0.2, 0.25) is 5.82 Å². The summed E-state index contributed by atoms with van der Waals surface area (Å²) in [6.45, 7) is 2.78. The SMILES string of the molecule is COc1cccc(N2CCN(C(=O)c3ccc(-c4nc(-c5cccc(F)c5)no4)cc3)CC2)c1. The summed E-state index contributed by atoms with van der Waals surface area (Å²) in [7, 11) is 1.66. The van der Waals surface area contributed by atoms with E-state index >= 15 is 0 Å². The van der Waals surface area contributed by atoms with Crippen LogP contribution in [-0.2, 0) is 0 Å². The molecule has 8 heteroatoms. The predicted octanol–water partition coefficient (Wildman–Crippen LogP) is 4.51. The molecule has 5 rings (SSSR count). The van der Waals surface area contributed by atoms with Gasteiger partial charge < -0.3 is 19.1 Å². The van der Waals surface area contributed by atoms with Crippen molar-refractivity contribution in [1.82, 2.24) is 15.0 Å². The first-order valence-corrected chi connectivity index (χ1v) is 11.0. The highest BCUT2D eigenvalue weighted by atomic mass is 19.1. The third kappa shape index (κ3) is 4.47. The van der Waals surface area contributed by atoms with Gasteiger partial charge in [-0.2, -0.15) is 4.98 Å². The van der Waals surface area contributed by atoms with E-state index in [1.165, 1.54) is 12.1 Å². The van der Waals surface area contributed by atoms with Crippen molar-refractivity contribution < 1.29 is 18.4 Å². The van der Waals surface area contributed by atoms with Crippen LogP contribution >= 0.6 is 0 Å². The number of hydrogen-bond donors (Lipinski definition) is 0. The molecule has 34 heavy (non-hydrogen) atoms. The second kappa shape index (κ2) is 9.35. The largest absolute Gasteiger partial charge is 0.497 e. The highest BCUT2D eigenvalue weighted by Gasteiger charge is 2.23. The van der Waals surface area contributed by atoms with Crippen LogP contribution in [0.4, 0.5) is 10.1 Å². The molecule has 1 saturated heterocycles. The molecule has 0 spiro atoms. The summed E-state index contributed by atoms with van der Waals surface area (Å²) in [6, 6.07) is 21.1. The Hall–Kier alpha value is -4.20. The van der Waals surface area contributed by atoms with E-state index < -0.39 is 0 Å². The molecule has 1 aliphatic heterocycles. The highest BCUT2D eigenvalue weighted by Crippen LogP contribution is 2.25. The van der Waals surface area contributed by atoms with E-state index in [2.05, 4.69) is 21.1 Å². The summed E-state index contributed by atoms with van der Waals surface area (Å²) in [6.07, 6.45) is 0. The Morgan fingerprint density at radius 2 is 1.71 bits per heavy atom. The standard InChI is InChI=1S/C26H23FN4O3/c1-33-23-7-3-6-22(17-23)30-12-14-31(15-13-30)26(32)19-10-8-18(9-11-19)25-28-24(29-34-25)20-4-2-5-21(27)16-20/h2-11,16-17H,12-15H2,1H3. The second-order valence-corrected chi connectivity index (χ2v) is 7.99. The Kier molecular flexibility index (Phi) is 5.95. The van der Waals surface area contributed by atoms with Crippen molar-refractivity contribution in [1.29, 1.82) is 0 Å². The van der Waals surface area contributed by atoms with Crippen LogP contribution in [0.25, 0.3) is 22.8 Å². The summed E-state index contributed by atoms with van der Waals surface area (Å²) in [5, 5.41) is 3.94. The van der Waals surface area contributed by atoms with Crippen LogP contribution in [0.5, 0.6) is 5.75 Å². The lowest BCUT2D eigenvalue weighted by molar-refractivity contribution is 0.0747. The van der Waals surface area contributed by atoms with E-state index in [9.17, 15) is 9.18 Å². The number of rotatable bonds is 5. The van der Waals surface area contributed by atoms with Gasteiger partial charge in [-0.3, -0.25) is 4.79 Å². The van der Waals surface area contributed by atoms with Crippen molar-refractivity contribution in [3.05, 3.63) is 84.2 Å². The van der Waals surface area contributed by atoms with Gasteiger partial charge in [0.05, 0.1) is 7.11 Å². The van der Waals surface area contributed by atoms with E-state index in [4.69, 9.17) is 9.26 Å². The minimum Gasteiger partial charge on any atom is -0.497 e. The maximum Gasteiger partial charge on any atom is 0.258 e. The molecular formula is C26H23FN4O3. The molecule has 3 aromatic carbocycles. The Balaban J connectivity index is 1.23. The second-order valence-electron chi connectivity index (χ2n) is 7.99. The Morgan fingerprint density at radius 3 is 2.44 bits per heavy atom. The summed E-state index contributed by atoms with van der Waals surface area (Å²) in [4.78, 5) is 21.5. The van der Waals surface area contributed by atoms with Crippen LogP contribution < -0.4 is 9.64 Å². The number of halogens is 1. The quantitative estimate of drug-likeness (QED) is 0.438. The van der Waals surface area contributed by atoms with Crippen LogP contribution in [0.3, 0.4) is 0 Å². The Labute approximate surface area is 196 Å². The van der Waals surface area contributed by atoms with Crippen LogP contribution in [-0.4, -0.2) is 54.2 Å². The smallest absolute Gasteiger partial charge is 0.258 e. The van der Waals surface area contributed by atoms with Gasteiger partial charge >= 0.3 is 0 Å². The number of aromatic nitrogens is 2. The van der Waals surface area contributed by atoms with Gasteiger partial charge in [-0.05, 0) is 48.5 Å². The number of ether oxygens (including phenoxy) is 1. The summed E-state index contributed by atoms with van der Waals surface area (Å²) >= 11 is 0. The van der Waals surface area contributed by atoms with E-state index in [1.807, 2.05) is 23.1 Å². The number of piperazine rings is 1. The number of benzene rings is 3. The molecule has 7 nitrogen and oxygen atoms in total. The zero-order valence-electron chi connectivity index (χ0n) is 18.6. The maximum absolute atomic E-state index is 13.5. The van der Waals surface area contributed by atoms with Crippen molar-refractivity contribution >= 4 is 11.6 Å². The van der Waals surface area contributed by atoms with Crippen molar-refractivity contribution in [2.75, 3.05) is 38.2 Å². The fourth-order valence-electron chi connectivity index (χ4n) is 4.00. The summed E-state index contributed by atoms with van der Waals surface area (Å²) in [5.41, 5.74) is 2.92. The highest BCUT2D eigenvalue weighted by molar-refractivity contribution is 5.94. The van der Waals surface area contributed by atoms with Crippen LogP contribution in [0.1, 0.15) is 10.4 Å². The summed E-state index contributed by atoms with van der Waals surface area (Å²) < 4.78 is 24.1. The number of amides is 1. The molecule has 1 fully saturated rings. The van der Waals surface area contributed by atoms with Gasteiger partial charge in [0.1, 0.15) is 11.6 Å². The van der Waals surface area contributed by atoms with Crippen molar-refractivity contribution in [3.8, 4) is 28.6 Å². The Bertz CT molecular complexity index is 1300. The lowest BCUT2D eigenvalue weighted by atomic mass is 10.1. The lowest BCUT2D eigenvalue weighted by Crippen LogP contribution is -2.48. The van der Waals surface area contributed by atoms with E-state index in [0.717, 1.165) is 24.5 Å². The average Bonchev–Trinajstić information content (AvgIpc) is 3.39. The first-order valence-electron chi connectivity index (χ1n) is 11.0. The number of anilines is 1. The molecule has 0 bridgehead atoms. The predicted molar refractivity (Wildman–Crippen MR) is 126 cm³/mol. The minimum absolute atomic E-state index is 0.0113. The minimum atomic E-state index is -0.365. The number of hydrogen-bond acceptors (Lipinski definition) is 6. The average molecular weight is 458 g/mol. The number of carbonyl (C=O) groups is 1. The van der Waals surface area contributed by atoms with Crippen molar-refractivity contribution in [2.24, 2.45) is 0 Å². The third-order valence-electron chi connectivity index (χ3n) is 5.87. The zero-order valence-corrected chi connectivity index (χ0v) is 18.6. The molecule has 0 saturated carbocycles. The fourth-order valence-corrected chi connectivity index (χ4v) is 4.00. The van der Waals surface area contributed by atoms with Crippen molar-refractivity contribution in [3.63, 3.8) is 0 Å². The normalized spacial score (nSPS) is 13.7. The number of carbonyl (C=O) groups excluding carboxylic acids is 1. The molecule has 1 amide bonds. The number of nitrogens with zero attached hydrogens (tertiary/aromatic N) is 4. The zero-order chi connectivity index (χ0) is 23.5. The molecule has 2 heterocycles. The topological polar surface area (TPSA) is 71.7 Å². The van der Waals surface area contributed by atoms with Gasteiger partial charge in [-0.15, -0.1) is 0 Å². The molecule has 0 aliphatic carbocycles. The van der Waals surface area contributed by atoms with Gasteiger partial charge in [0.15, 0.2) is 0 Å². The van der Waals surface area contributed by atoms with Gasteiger partial charge in [-0.25, -0.2) is 4.39 Å². The molecule has 0 unspecified atom stereocenters. The molecular weight excluding hydrogens is 435 g/mol. The summed E-state index contributed by atoms with van der Waals surface area (Å²) in [5.74, 6) is 1.06. The van der Waals surface area contributed by atoms with Crippen LogP contribution in [0.2, 0.25) is 0 Å². The van der Waals surface area contributed by atoms with Crippen LogP contribution in [0.15, 0.2) is 77.3 Å². The molecule has 172 valence electrons. The third-order valence-corrected chi connectivity index (χ3v) is 5.87. The monoisotopic (exact) mass is 458 g/mol. The molecule has 1 aromatic heterocycles. The molecule has 0 atom stereocenters. The van der Waals surface area contributed by atoms with Gasteiger partial charge in [0.25, 0.3) is 11.8 Å². The van der Waals surface area contributed by atoms with Crippen LogP contribution in [0, 0.1) is 5.82 Å². The van der Waals surface area contributed by atoms with E-state index in [0.29, 0.717) is 41.5 Å². The maximum atomic E-state index is 13.5. The van der Waals surface area contributed by atoms with Gasteiger partial charge in [-0.1, -0.05) is 23.4 Å². The first-order chi connectivity index (χ1) is 16.6. The van der Waals surface area contributed by atoms with E-state index in [-0.39, 0.29) is 11.7 Å².